The van der Waals surface area contributed by atoms with Crippen LogP contribution in [0.2, 0.25) is 0 Å². The number of anilines is 1. The van der Waals surface area contributed by atoms with Gasteiger partial charge in [-0.1, -0.05) is 30.3 Å². The van der Waals surface area contributed by atoms with E-state index in [-0.39, 0.29) is 0 Å². The fourth-order valence-electron chi connectivity index (χ4n) is 3.50. The van der Waals surface area contributed by atoms with Crippen LogP contribution >= 0.6 is 0 Å². The first-order valence-corrected chi connectivity index (χ1v) is 10.5. The third-order valence-corrected chi connectivity index (χ3v) is 5.00. The van der Waals surface area contributed by atoms with E-state index < -0.39 is 0 Å². The van der Waals surface area contributed by atoms with Gasteiger partial charge in [-0.05, 0) is 38.6 Å². The maximum absolute atomic E-state index is 4.87. The van der Waals surface area contributed by atoms with Crippen molar-refractivity contribution in [3.63, 3.8) is 0 Å². The fraction of sp³-hybridized carbons (Fsp3) is 0.500. The molecule has 1 aromatic heterocycles. The number of rotatable bonds is 8. The van der Waals surface area contributed by atoms with Crippen LogP contribution in [-0.4, -0.2) is 78.6 Å². The van der Waals surface area contributed by atoms with E-state index in [1.807, 2.05) is 6.07 Å². The van der Waals surface area contributed by atoms with Crippen molar-refractivity contribution in [2.45, 2.75) is 19.9 Å². The minimum Gasteiger partial charge on any atom is -0.357 e. The van der Waals surface area contributed by atoms with Crippen LogP contribution in [0.1, 0.15) is 18.9 Å². The predicted octanol–water partition coefficient (Wildman–Crippen LogP) is 2.09. The van der Waals surface area contributed by atoms with Crippen LogP contribution in [0.15, 0.2) is 53.8 Å². The molecular weight excluding hydrogens is 362 g/mol. The second-order valence-corrected chi connectivity index (χ2v) is 7.34. The van der Waals surface area contributed by atoms with Crippen LogP contribution in [0.25, 0.3) is 0 Å². The zero-order chi connectivity index (χ0) is 20.3. The average molecular weight is 396 g/mol. The molecule has 29 heavy (non-hydrogen) atoms. The molecular formula is C22H33N7. The summed E-state index contributed by atoms with van der Waals surface area (Å²) in [4.78, 5) is 20.5. The van der Waals surface area contributed by atoms with Gasteiger partial charge in [-0.15, -0.1) is 0 Å². The summed E-state index contributed by atoms with van der Waals surface area (Å²) in [6.07, 6.45) is 4.65. The molecule has 0 unspecified atom stereocenters. The van der Waals surface area contributed by atoms with E-state index >= 15 is 0 Å². The molecule has 0 radical (unpaired) electrons. The lowest BCUT2D eigenvalue weighted by molar-refractivity contribution is 0.323. The van der Waals surface area contributed by atoms with Gasteiger partial charge in [0.05, 0.1) is 0 Å². The molecule has 1 N–H and O–H groups in total. The molecule has 2 aromatic rings. The average Bonchev–Trinajstić information content (AvgIpc) is 2.77. The van der Waals surface area contributed by atoms with Crippen molar-refractivity contribution in [3.05, 3.63) is 54.4 Å². The van der Waals surface area contributed by atoms with E-state index in [1.165, 1.54) is 5.56 Å². The quantitative estimate of drug-likeness (QED) is 0.420. The topological polar surface area (TPSA) is 59.9 Å². The largest absolute Gasteiger partial charge is 0.357 e. The number of nitrogens with zero attached hydrogens (tertiary/aromatic N) is 6. The van der Waals surface area contributed by atoms with E-state index in [2.05, 4.69) is 74.3 Å². The number of aromatic nitrogens is 2. The van der Waals surface area contributed by atoms with Gasteiger partial charge >= 0.3 is 0 Å². The number of hydrogen-bond donors (Lipinski definition) is 1. The van der Waals surface area contributed by atoms with Gasteiger partial charge in [0.1, 0.15) is 0 Å². The summed E-state index contributed by atoms with van der Waals surface area (Å²) in [6, 6.07) is 12.5. The molecule has 0 spiro atoms. The summed E-state index contributed by atoms with van der Waals surface area (Å²) in [6.45, 7) is 9.54. The van der Waals surface area contributed by atoms with Crippen LogP contribution in [-0.2, 0) is 6.54 Å². The first-order valence-electron chi connectivity index (χ1n) is 10.5. The van der Waals surface area contributed by atoms with Crippen LogP contribution in [0.4, 0.5) is 5.95 Å². The SMILES string of the molecule is CCNC(=NCCCN(C)Cc1ccccc1)N1CCN(c2ncccn2)CC1. The minimum atomic E-state index is 0.815. The number of benzene rings is 1. The first kappa shape index (κ1) is 21.0. The van der Waals surface area contributed by atoms with E-state index in [9.17, 15) is 0 Å². The number of piperazine rings is 1. The molecule has 1 aromatic carbocycles. The Morgan fingerprint density at radius 1 is 1.07 bits per heavy atom. The van der Waals surface area contributed by atoms with Crippen LogP contribution in [0.5, 0.6) is 0 Å². The van der Waals surface area contributed by atoms with Gasteiger partial charge in [0.15, 0.2) is 5.96 Å². The Hall–Kier alpha value is -2.67. The standard InChI is InChI=1S/C22H33N7/c1-3-23-21(26-13-8-14-27(2)19-20-9-5-4-6-10-20)28-15-17-29(18-16-28)22-24-11-7-12-25-22/h4-7,9-12H,3,8,13-19H2,1-2H3,(H,23,26). The molecule has 7 nitrogen and oxygen atoms in total. The molecule has 0 amide bonds. The van der Waals surface area contributed by atoms with Crippen LogP contribution < -0.4 is 10.2 Å². The summed E-state index contributed by atoms with van der Waals surface area (Å²) in [5.74, 6) is 1.84. The van der Waals surface area contributed by atoms with Crippen LogP contribution in [0.3, 0.4) is 0 Å². The molecule has 3 rings (SSSR count). The molecule has 0 bridgehead atoms. The third kappa shape index (κ3) is 6.71. The Morgan fingerprint density at radius 3 is 2.48 bits per heavy atom. The van der Waals surface area contributed by atoms with Gasteiger partial charge in [-0.2, -0.15) is 0 Å². The predicted molar refractivity (Wildman–Crippen MR) is 119 cm³/mol. The molecule has 1 aliphatic rings. The highest BCUT2D eigenvalue weighted by Crippen LogP contribution is 2.10. The van der Waals surface area contributed by atoms with Gasteiger partial charge < -0.3 is 20.0 Å². The molecule has 156 valence electrons. The lowest BCUT2D eigenvalue weighted by Gasteiger charge is -2.36. The van der Waals surface area contributed by atoms with E-state index in [0.29, 0.717) is 0 Å². The summed E-state index contributed by atoms with van der Waals surface area (Å²) in [7, 11) is 2.17. The molecule has 1 aliphatic heterocycles. The summed E-state index contributed by atoms with van der Waals surface area (Å²) in [5.41, 5.74) is 1.35. The lowest BCUT2D eigenvalue weighted by atomic mass is 10.2. The molecule has 7 heteroatoms. The molecule has 2 heterocycles. The molecule has 0 aliphatic carbocycles. The van der Waals surface area contributed by atoms with E-state index in [1.54, 1.807) is 12.4 Å². The van der Waals surface area contributed by atoms with E-state index in [4.69, 9.17) is 4.99 Å². The van der Waals surface area contributed by atoms with E-state index in [0.717, 1.165) is 70.7 Å². The fourth-order valence-corrected chi connectivity index (χ4v) is 3.50. The monoisotopic (exact) mass is 395 g/mol. The highest BCUT2D eigenvalue weighted by molar-refractivity contribution is 5.80. The molecule has 0 atom stereocenters. The lowest BCUT2D eigenvalue weighted by Crippen LogP contribution is -2.53. The molecule has 1 saturated heterocycles. The van der Waals surface area contributed by atoms with Gasteiger partial charge in [0.2, 0.25) is 5.95 Å². The summed E-state index contributed by atoms with van der Waals surface area (Å²) in [5, 5.41) is 3.45. The van der Waals surface area contributed by atoms with Gasteiger partial charge in [0, 0.05) is 58.2 Å². The highest BCUT2D eigenvalue weighted by atomic mass is 15.4. The van der Waals surface area contributed by atoms with Crippen molar-refractivity contribution in [2.24, 2.45) is 4.99 Å². The highest BCUT2D eigenvalue weighted by Gasteiger charge is 2.20. The smallest absolute Gasteiger partial charge is 0.225 e. The van der Waals surface area contributed by atoms with Crippen molar-refractivity contribution in [1.29, 1.82) is 0 Å². The Kier molecular flexibility index (Phi) is 8.25. The normalized spacial score (nSPS) is 15.1. The summed E-state index contributed by atoms with van der Waals surface area (Å²) < 4.78 is 0. The van der Waals surface area contributed by atoms with Crippen molar-refractivity contribution in [3.8, 4) is 0 Å². The Morgan fingerprint density at radius 2 is 1.79 bits per heavy atom. The molecule has 0 saturated carbocycles. The maximum Gasteiger partial charge on any atom is 0.225 e. The Balaban J connectivity index is 1.43. The maximum atomic E-state index is 4.87. The second-order valence-electron chi connectivity index (χ2n) is 7.34. The van der Waals surface area contributed by atoms with Crippen molar-refractivity contribution in [1.82, 2.24) is 25.1 Å². The van der Waals surface area contributed by atoms with Gasteiger partial charge in [0.25, 0.3) is 0 Å². The number of aliphatic imine (C=N–C) groups is 1. The second kappa shape index (κ2) is 11.4. The number of guanidine groups is 1. The van der Waals surface area contributed by atoms with Crippen molar-refractivity contribution < 1.29 is 0 Å². The van der Waals surface area contributed by atoms with Crippen molar-refractivity contribution in [2.75, 3.05) is 57.8 Å². The first-order chi connectivity index (χ1) is 14.3. The Bertz CT molecular complexity index is 727. The Labute approximate surface area is 174 Å². The van der Waals surface area contributed by atoms with Crippen molar-refractivity contribution >= 4 is 11.9 Å². The minimum absolute atomic E-state index is 0.815. The van der Waals surface area contributed by atoms with Gasteiger partial charge in [-0.3, -0.25) is 4.99 Å². The number of hydrogen-bond acceptors (Lipinski definition) is 5. The summed E-state index contributed by atoms with van der Waals surface area (Å²) >= 11 is 0. The zero-order valence-corrected chi connectivity index (χ0v) is 17.7. The zero-order valence-electron chi connectivity index (χ0n) is 17.7. The third-order valence-electron chi connectivity index (χ3n) is 5.00. The van der Waals surface area contributed by atoms with Gasteiger partial charge in [-0.25, -0.2) is 9.97 Å². The van der Waals surface area contributed by atoms with Crippen LogP contribution in [0, 0.1) is 0 Å². The number of nitrogens with one attached hydrogen (secondary N) is 1. The molecule has 1 fully saturated rings.